The highest BCUT2D eigenvalue weighted by atomic mass is 16.6. The molecule has 0 aromatic heterocycles. The van der Waals surface area contributed by atoms with Crippen LogP contribution in [0.15, 0.2) is 11.6 Å². The number of fused-ring (bicyclic) bond motifs is 3. The molecule has 2 N–H and O–H groups in total. The summed E-state index contributed by atoms with van der Waals surface area (Å²) in [5.41, 5.74) is -1.15. The van der Waals surface area contributed by atoms with Crippen molar-refractivity contribution in [3.05, 3.63) is 11.6 Å². The zero-order chi connectivity index (χ0) is 19.4. The first-order valence-electron chi connectivity index (χ1n) is 10.4. The molecule has 1 spiro atoms. The molecule has 0 amide bonds. The molecule has 1 heterocycles. The van der Waals surface area contributed by atoms with E-state index in [1.807, 2.05) is 19.9 Å². The van der Waals surface area contributed by atoms with E-state index in [9.17, 15) is 19.8 Å². The number of ketones is 2. The van der Waals surface area contributed by atoms with Crippen molar-refractivity contribution in [2.45, 2.75) is 76.6 Å². The van der Waals surface area contributed by atoms with Gasteiger partial charge in [0.1, 0.15) is 17.8 Å². The molecule has 5 rings (SSSR count). The van der Waals surface area contributed by atoms with Crippen molar-refractivity contribution >= 4 is 11.6 Å². The number of Topliss-reactive ketones (excluding diaryl/α,β-unsaturated/α-hetero) is 1. The van der Waals surface area contributed by atoms with Gasteiger partial charge in [0.2, 0.25) is 0 Å². The highest BCUT2D eigenvalue weighted by Crippen LogP contribution is 2.76. The molecular formula is C22H30O5. The van der Waals surface area contributed by atoms with Crippen LogP contribution in [0.2, 0.25) is 0 Å². The molecule has 4 fully saturated rings. The Hall–Kier alpha value is -1.04. The third kappa shape index (κ3) is 1.78. The van der Waals surface area contributed by atoms with Crippen molar-refractivity contribution in [1.29, 1.82) is 0 Å². The number of carbonyl (C=O) groups is 2. The Bertz CT molecular complexity index is 773. The number of hydrogen-bond donors (Lipinski definition) is 2. The number of ether oxygens (including phenoxy) is 1. The summed E-state index contributed by atoms with van der Waals surface area (Å²) in [7, 11) is 0. The fraction of sp³-hybridized carbons (Fsp3) is 0.818. The second kappa shape index (κ2) is 5.11. The molecule has 0 aromatic rings. The zero-order valence-corrected chi connectivity index (χ0v) is 16.5. The maximum atomic E-state index is 12.6. The van der Waals surface area contributed by atoms with Crippen LogP contribution in [-0.4, -0.2) is 45.7 Å². The maximum absolute atomic E-state index is 12.6. The molecule has 3 saturated carbocycles. The Balaban J connectivity index is 1.59. The van der Waals surface area contributed by atoms with Crippen LogP contribution in [0.4, 0.5) is 0 Å². The number of carbonyl (C=O) groups excluding carboxylic acids is 2. The van der Waals surface area contributed by atoms with Crippen LogP contribution < -0.4 is 0 Å². The van der Waals surface area contributed by atoms with Crippen molar-refractivity contribution < 1.29 is 24.5 Å². The third-order valence-corrected chi connectivity index (χ3v) is 9.49. The first-order chi connectivity index (χ1) is 12.6. The van der Waals surface area contributed by atoms with E-state index in [2.05, 4.69) is 6.92 Å². The summed E-state index contributed by atoms with van der Waals surface area (Å²) in [6.07, 6.45) is 6.59. The quantitative estimate of drug-likeness (QED) is 0.724. The van der Waals surface area contributed by atoms with Crippen LogP contribution in [0.25, 0.3) is 0 Å². The van der Waals surface area contributed by atoms with Crippen molar-refractivity contribution in [1.82, 2.24) is 0 Å². The van der Waals surface area contributed by atoms with Gasteiger partial charge in [-0.05, 0) is 55.9 Å². The van der Waals surface area contributed by atoms with E-state index in [0.29, 0.717) is 18.8 Å². The Morgan fingerprint density at radius 1 is 1.30 bits per heavy atom. The molecule has 0 aromatic carbocycles. The number of aliphatic hydroxyl groups is 2. The Morgan fingerprint density at radius 2 is 2.04 bits per heavy atom. The summed E-state index contributed by atoms with van der Waals surface area (Å²) < 4.78 is 6.48. The largest absolute Gasteiger partial charge is 0.388 e. The average Bonchev–Trinajstić information content (AvgIpc) is 3.31. The van der Waals surface area contributed by atoms with Crippen molar-refractivity contribution in [2.75, 3.05) is 6.61 Å². The van der Waals surface area contributed by atoms with Crippen molar-refractivity contribution in [3.8, 4) is 0 Å². The minimum absolute atomic E-state index is 0.0222. The molecule has 0 radical (unpaired) electrons. The molecular weight excluding hydrogens is 344 g/mol. The lowest BCUT2D eigenvalue weighted by Crippen LogP contribution is -2.62. The Morgan fingerprint density at radius 3 is 2.74 bits per heavy atom. The van der Waals surface area contributed by atoms with E-state index in [1.54, 1.807) is 0 Å². The van der Waals surface area contributed by atoms with Crippen LogP contribution >= 0.6 is 0 Å². The molecule has 0 unspecified atom stereocenters. The summed E-state index contributed by atoms with van der Waals surface area (Å²) in [5, 5.41) is 21.0. The summed E-state index contributed by atoms with van der Waals surface area (Å²) in [6, 6.07) is 0. The summed E-state index contributed by atoms with van der Waals surface area (Å²) >= 11 is 0. The second-order valence-corrected chi connectivity index (χ2v) is 10.2. The number of aliphatic hydroxyl groups excluding tert-OH is 1. The zero-order valence-electron chi connectivity index (χ0n) is 16.5. The Labute approximate surface area is 160 Å². The van der Waals surface area contributed by atoms with Gasteiger partial charge >= 0.3 is 0 Å². The topological polar surface area (TPSA) is 87.1 Å². The molecule has 5 nitrogen and oxygen atoms in total. The highest BCUT2D eigenvalue weighted by molar-refractivity contribution is 5.92. The van der Waals surface area contributed by atoms with Gasteiger partial charge in [-0.3, -0.25) is 9.59 Å². The monoisotopic (exact) mass is 374 g/mol. The van der Waals surface area contributed by atoms with Crippen LogP contribution in [-0.2, 0) is 14.3 Å². The van der Waals surface area contributed by atoms with Crippen LogP contribution in [0, 0.1) is 28.6 Å². The molecule has 0 bridgehead atoms. The van der Waals surface area contributed by atoms with E-state index >= 15 is 0 Å². The lowest BCUT2D eigenvalue weighted by atomic mass is 9.46. The summed E-state index contributed by atoms with van der Waals surface area (Å²) in [6.45, 7) is 5.64. The molecule has 1 aliphatic heterocycles. The van der Waals surface area contributed by atoms with Crippen molar-refractivity contribution in [3.63, 3.8) is 0 Å². The van der Waals surface area contributed by atoms with E-state index < -0.39 is 23.4 Å². The maximum Gasteiger partial charge on any atom is 0.190 e. The predicted octanol–water partition coefficient (Wildman–Crippen LogP) is 2.19. The average molecular weight is 374 g/mol. The summed E-state index contributed by atoms with van der Waals surface area (Å²) in [4.78, 5) is 24.6. The van der Waals surface area contributed by atoms with E-state index in [4.69, 9.17) is 4.74 Å². The van der Waals surface area contributed by atoms with Gasteiger partial charge in [-0.2, -0.15) is 0 Å². The number of hydrogen-bond acceptors (Lipinski definition) is 5. The molecule has 4 aliphatic carbocycles. The van der Waals surface area contributed by atoms with Gasteiger partial charge < -0.3 is 14.9 Å². The molecule has 1 saturated heterocycles. The van der Waals surface area contributed by atoms with Gasteiger partial charge in [0.05, 0.1) is 6.10 Å². The van der Waals surface area contributed by atoms with E-state index in [1.165, 1.54) is 5.57 Å². The second-order valence-electron chi connectivity index (χ2n) is 10.2. The van der Waals surface area contributed by atoms with Gasteiger partial charge in [0.25, 0.3) is 0 Å². The molecule has 148 valence electrons. The number of epoxide rings is 1. The van der Waals surface area contributed by atoms with Crippen LogP contribution in [0.3, 0.4) is 0 Å². The first-order valence-corrected chi connectivity index (χ1v) is 10.4. The minimum atomic E-state index is -1.48. The molecule has 5 aliphatic rings. The van der Waals surface area contributed by atoms with Gasteiger partial charge in [0, 0.05) is 17.3 Å². The van der Waals surface area contributed by atoms with Gasteiger partial charge in [-0.1, -0.05) is 26.3 Å². The summed E-state index contributed by atoms with van der Waals surface area (Å²) in [5.74, 6) is 0.105. The SMILES string of the molecule is C[C@@H]1C[C@H]2[C@@H]3CCC4=CC(=O)CC[C@]4(C)[C@@]34O[C@H]4C[C@]2(C)[C@@]1(O)C(=O)CO. The minimum Gasteiger partial charge on any atom is -0.388 e. The fourth-order valence-electron chi connectivity index (χ4n) is 8.07. The van der Waals surface area contributed by atoms with Gasteiger partial charge in [0.15, 0.2) is 11.6 Å². The van der Waals surface area contributed by atoms with Gasteiger partial charge in [-0.25, -0.2) is 0 Å². The Kier molecular flexibility index (Phi) is 3.41. The van der Waals surface area contributed by atoms with Crippen LogP contribution in [0.5, 0.6) is 0 Å². The highest BCUT2D eigenvalue weighted by Gasteiger charge is 2.82. The normalized spacial score (nSPS) is 55.7. The smallest absolute Gasteiger partial charge is 0.190 e. The molecule has 5 heteroatoms. The molecule has 27 heavy (non-hydrogen) atoms. The van der Waals surface area contributed by atoms with E-state index in [0.717, 1.165) is 25.7 Å². The third-order valence-electron chi connectivity index (χ3n) is 9.49. The molecule has 8 atom stereocenters. The lowest BCUT2D eigenvalue weighted by molar-refractivity contribution is -0.166. The fourth-order valence-corrected chi connectivity index (χ4v) is 8.07. The predicted molar refractivity (Wildman–Crippen MR) is 97.8 cm³/mol. The first kappa shape index (κ1) is 18.0. The van der Waals surface area contributed by atoms with Crippen molar-refractivity contribution in [2.24, 2.45) is 28.6 Å². The standard InChI is InChI=1S/C22H30O5/c1-12-8-16-15-5-4-13-9-14(24)6-7-19(13,2)22(15)18(27-22)10-20(16,3)21(12,26)17(25)11-23/h9,12,15-16,18,23,26H,4-8,10-11H2,1-3H3/t12-,15+,16+,18+,19+,20+,21+,22-/m1/s1. The lowest BCUT2D eigenvalue weighted by Gasteiger charge is -2.56. The van der Waals surface area contributed by atoms with Gasteiger partial charge in [-0.15, -0.1) is 0 Å². The van der Waals surface area contributed by atoms with E-state index in [-0.39, 0.29) is 34.7 Å². The number of rotatable bonds is 2. The van der Waals surface area contributed by atoms with Crippen LogP contribution in [0.1, 0.15) is 59.3 Å².